The first-order valence-corrected chi connectivity index (χ1v) is 7.01. The van der Waals surface area contributed by atoms with Crippen LogP contribution in [0.5, 0.6) is 0 Å². The molecular formula is C13H27N3O2. The minimum absolute atomic E-state index is 0.0354. The summed E-state index contributed by atoms with van der Waals surface area (Å²) in [5.74, 6) is 0. The molecule has 0 bridgehead atoms. The molecule has 1 rings (SSSR count). The largest absolute Gasteiger partial charge is 0.447 e. The van der Waals surface area contributed by atoms with Crippen LogP contribution in [0.3, 0.4) is 0 Å². The molecule has 1 aliphatic heterocycles. The second-order valence-corrected chi connectivity index (χ2v) is 5.11. The number of nitrogens with zero attached hydrogens (tertiary/aromatic N) is 2. The molecular weight excluding hydrogens is 230 g/mol. The van der Waals surface area contributed by atoms with Crippen molar-refractivity contribution in [1.29, 1.82) is 0 Å². The Labute approximate surface area is 110 Å². The van der Waals surface area contributed by atoms with E-state index in [1.54, 1.807) is 4.90 Å². The molecule has 0 aromatic carbocycles. The lowest BCUT2D eigenvalue weighted by atomic mass is 10.2. The molecule has 1 saturated heterocycles. The number of carbonyl (C=O) groups is 1. The summed E-state index contributed by atoms with van der Waals surface area (Å²) in [4.78, 5) is 15.9. The van der Waals surface area contributed by atoms with Crippen molar-refractivity contribution in [2.24, 2.45) is 5.73 Å². The van der Waals surface area contributed by atoms with Crippen LogP contribution in [-0.2, 0) is 4.74 Å². The number of hydrogen-bond donors (Lipinski definition) is 1. The highest BCUT2D eigenvalue weighted by Crippen LogP contribution is 2.07. The second kappa shape index (κ2) is 8.32. The van der Waals surface area contributed by atoms with E-state index in [2.05, 4.69) is 4.90 Å². The predicted molar refractivity (Wildman–Crippen MR) is 72.5 cm³/mol. The van der Waals surface area contributed by atoms with Crippen LogP contribution >= 0.6 is 0 Å². The predicted octanol–water partition coefficient (Wildman–Crippen LogP) is 1.28. The molecule has 0 aromatic heterocycles. The quantitative estimate of drug-likeness (QED) is 0.728. The molecule has 1 fully saturated rings. The van der Waals surface area contributed by atoms with Gasteiger partial charge in [-0.1, -0.05) is 6.42 Å². The molecule has 0 aromatic rings. The van der Waals surface area contributed by atoms with Crippen LogP contribution in [0, 0.1) is 0 Å². The lowest BCUT2D eigenvalue weighted by Gasteiger charge is -2.34. The molecule has 0 atom stereocenters. The number of piperazine rings is 1. The van der Waals surface area contributed by atoms with E-state index in [4.69, 9.17) is 10.5 Å². The fourth-order valence-electron chi connectivity index (χ4n) is 2.09. The van der Waals surface area contributed by atoms with Gasteiger partial charge in [0.15, 0.2) is 0 Å². The van der Waals surface area contributed by atoms with Crippen LogP contribution in [0.25, 0.3) is 0 Å². The molecule has 0 aliphatic carbocycles. The average Bonchev–Trinajstić information content (AvgIpc) is 2.34. The zero-order valence-electron chi connectivity index (χ0n) is 11.7. The summed E-state index contributed by atoms with van der Waals surface area (Å²) in [5.41, 5.74) is 5.47. The van der Waals surface area contributed by atoms with Gasteiger partial charge in [0, 0.05) is 26.2 Å². The molecule has 0 unspecified atom stereocenters. The van der Waals surface area contributed by atoms with Gasteiger partial charge < -0.3 is 15.4 Å². The highest BCUT2D eigenvalue weighted by molar-refractivity contribution is 5.67. The Bertz CT molecular complexity index is 238. The maximum atomic E-state index is 11.7. The van der Waals surface area contributed by atoms with Crippen molar-refractivity contribution in [2.45, 2.75) is 39.2 Å². The second-order valence-electron chi connectivity index (χ2n) is 5.11. The van der Waals surface area contributed by atoms with Crippen LogP contribution in [0.4, 0.5) is 4.79 Å². The monoisotopic (exact) mass is 257 g/mol. The molecule has 0 saturated carbocycles. The highest BCUT2D eigenvalue weighted by Gasteiger charge is 2.22. The molecule has 5 heteroatoms. The van der Waals surface area contributed by atoms with Gasteiger partial charge in [-0.05, 0) is 39.8 Å². The molecule has 1 heterocycles. The third-order valence-electron chi connectivity index (χ3n) is 3.15. The van der Waals surface area contributed by atoms with Gasteiger partial charge in [-0.3, -0.25) is 4.90 Å². The van der Waals surface area contributed by atoms with Crippen LogP contribution in [0.15, 0.2) is 0 Å². The number of amides is 1. The Hall–Kier alpha value is -0.810. The summed E-state index contributed by atoms with van der Waals surface area (Å²) in [6.45, 7) is 9.13. The summed E-state index contributed by atoms with van der Waals surface area (Å²) in [6.07, 6.45) is 3.31. The van der Waals surface area contributed by atoms with E-state index in [0.717, 1.165) is 45.7 Å². The minimum Gasteiger partial charge on any atom is -0.447 e. The van der Waals surface area contributed by atoms with E-state index in [1.807, 2.05) is 13.8 Å². The summed E-state index contributed by atoms with van der Waals surface area (Å²) in [5, 5.41) is 0. The standard InChI is InChI=1S/C13H27N3O2/c1-12(2)18-13(17)16-10-8-15(9-11-16)7-5-3-4-6-14/h12H,3-11,14H2,1-2H3. The summed E-state index contributed by atoms with van der Waals surface area (Å²) in [6, 6.07) is 0. The molecule has 1 amide bonds. The van der Waals surface area contributed by atoms with Crippen molar-refractivity contribution in [3.8, 4) is 0 Å². The fourth-order valence-corrected chi connectivity index (χ4v) is 2.09. The Balaban J connectivity index is 2.14. The van der Waals surface area contributed by atoms with Crippen LogP contribution in [0.1, 0.15) is 33.1 Å². The first-order chi connectivity index (χ1) is 8.63. The topological polar surface area (TPSA) is 58.8 Å². The minimum atomic E-state index is -0.173. The SMILES string of the molecule is CC(C)OC(=O)N1CCN(CCCCCN)CC1. The van der Waals surface area contributed by atoms with Gasteiger partial charge in [-0.2, -0.15) is 0 Å². The lowest BCUT2D eigenvalue weighted by Crippen LogP contribution is -2.49. The van der Waals surface area contributed by atoms with Gasteiger partial charge in [0.2, 0.25) is 0 Å². The normalized spacial score (nSPS) is 17.2. The van der Waals surface area contributed by atoms with E-state index < -0.39 is 0 Å². The maximum Gasteiger partial charge on any atom is 0.410 e. The van der Waals surface area contributed by atoms with Crippen molar-refractivity contribution < 1.29 is 9.53 Å². The molecule has 106 valence electrons. The highest BCUT2D eigenvalue weighted by atomic mass is 16.6. The zero-order chi connectivity index (χ0) is 13.4. The van der Waals surface area contributed by atoms with Crippen molar-refractivity contribution in [1.82, 2.24) is 9.80 Å². The number of ether oxygens (including phenoxy) is 1. The Morgan fingerprint density at radius 3 is 2.39 bits per heavy atom. The van der Waals surface area contributed by atoms with Gasteiger partial charge in [-0.25, -0.2) is 4.79 Å². The first-order valence-electron chi connectivity index (χ1n) is 7.01. The van der Waals surface area contributed by atoms with Crippen molar-refractivity contribution in [2.75, 3.05) is 39.3 Å². The molecule has 0 radical (unpaired) electrons. The summed E-state index contributed by atoms with van der Waals surface area (Å²) in [7, 11) is 0. The Morgan fingerprint density at radius 1 is 1.17 bits per heavy atom. The number of hydrogen-bond acceptors (Lipinski definition) is 4. The van der Waals surface area contributed by atoms with Gasteiger partial charge >= 0.3 is 6.09 Å². The van der Waals surface area contributed by atoms with E-state index in [-0.39, 0.29) is 12.2 Å². The number of nitrogens with two attached hydrogens (primary N) is 1. The molecule has 5 nitrogen and oxygen atoms in total. The van der Waals surface area contributed by atoms with E-state index in [9.17, 15) is 4.79 Å². The smallest absolute Gasteiger partial charge is 0.410 e. The third kappa shape index (κ3) is 5.69. The van der Waals surface area contributed by atoms with Gasteiger partial charge in [-0.15, -0.1) is 0 Å². The average molecular weight is 257 g/mol. The summed E-state index contributed by atoms with van der Waals surface area (Å²) >= 11 is 0. The number of rotatable bonds is 6. The van der Waals surface area contributed by atoms with Crippen LogP contribution < -0.4 is 5.73 Å². The molecule has 0 spiro atoms. The van der Waals surface area contributed by atoms with Crippen molar-refractivity contribution in [3.05, 3.63) is 0 Å². The molecule has 2 N–H and O–H groups in total. The van der Waals surface area contributed by atoms with Crippen molar-refractivity contribution in [3.63, 3.8) is 0 Å². The number of carbonyl (C=O) groups excluding carboxylic acids is 1. The van der Waals surface area contributed by atoms with E-state index in [1.165, 1.54) is 12.8 Å². The van der Waals surface area contributed by atoms with Crippen molar-refractivity contribution >= 4 is 6.09 Å². The van der Waals surface area contributed by atoms with Gasteiger partial charge in [0.1, 0.15) is 0 Å². The fraction of sp³-hybridized carbons (Fsp3) is 0.923. The summed E-state index contributed by atoms with van der Waals surface area (Å²) < 4.78 is 5.19. The number of unbranched alkanes of at least 4 members (excludes halogenated alkanes) is 2. The third-order valence-corrected chi connectivity index (χ3v) is 3.15. The van der Waals surface area contributed by atoms with E-state index >= 15 is 0 Å². The molecule has 1 aliphatic rings. The first kappa shape index (κ1) is 15.2. The Morgan fingerprint density at radius 2 is 1.83 bits per heavy atom. The van der Waals surface area contributed by atoms with Crippen LogP contribution in [-0.4, -0.2) is 61.3 Å². The maximum absolute atomic E-state index is 11.7. The van der Waals surface area contributed by atoms with Gasteiger partial charge in [0.25, 0.3) is 0 Å². The zero-order valence-corrected chi connectivity index (χ0v) is 11.7. The van der Waals surface area contributed by atoms with Crippen LogP contribution in [0.2, 0.25) is 0 Å². The molecule has 18 heavy (non-hydrogen) atoms. The van der Waals surface area contributed by atoms with E-state index in [0.29, 0.717) is 0 Å². The Kier molecular flexibility index (Phi) is 7.05. The van der Waals surface area contributed by atoms with Gasteiger partial charge in [0.05, 0.1) is 6.10 Å². The lowest BCUT2D eigenvalue weighted by molar-refractivity contribution is 0.0569.